The first-order chi connectivity index (χ1) is 8.99. The number of carboxylic acids is 1. The number of carboxylic acid groups (broad SMARTS) is 1. The summed E-state index contributed by atoms with van der Waals surface area (Å²) in [6.07, 6.45) is 1.70. The van der Waals surface area contributed by atoms with E-state index in [1.54, 1.807) is 0 Å². The topological polar surface area (TPSA) is 57.6 Å². The minimum Gasteiger partial charge on any atom is -0.477 e. The highest BCUT2D eigenvalue weighted by atomic mass is 79.9. The summed E-state index contributed by atoms with van der Waals surface area (Å²) in [6, 6.07) is 0. The van der Waals surface area contributed by atoms with Crippen molar-refractivity contribution in [3.63, 3.8) is 0 Å². The van der Waals surface area contributed by atoms with Crippen LogP contribution in [0.25, 0.3) is 0 Å². The minimum atomic E-state index is -0.913. The van der Waals surface area contributed by atoms with Gasteiger partial charge in [-0.15, -0.1) is 11.3 Å². The molecule has 0 atom stereocenters. The lowest BCUT2D eigenvalue weighted by Crippen LogP contribution is -2.31. The second kappa shape index (κ2) is 5.63. The molecule has 0 fully saturated rings. The third-order valence-electron chi connectivity index (χ3n) is 3.55. The van der Waals surface area contributed by atoms with E-state index in [9.17, 15) is 9.59 Å². The molecule has 4 nitrogen and oxygen atoms in total. The molecule has 6 heteroatoms. The van der Waals surface area contributed by atoms with Crippen molar-refractivity contribution in [2.75, 3.05) is 0 Å². The van der Waals surface area contributed by atoms with Crippen LogP contribution in [-0.4, -0.2) is 21.9 Å². The van der Waals surface area contributed by atoms with Gasteiger partial charge < -0.3 is 10.0 Å². The van der Waals surface area contributed by atoms with Gasteiger partial charge in [0, 0.05) is 27.4 Å². The Hall–Kier alpha value is -0.880. The summed E-state index contributed by atoms with van der Waals surface area (Å²) in [5.41, 5.74) is 0.960. The zero-order valence-electron chi connectivity index (χ0n) is 10.9. The number of halogens is 1. The summed E-state index contributed by atoms with van der Waals surface area (Å²) >= 11 is 4.61. The molecule has 19 heavy (non-hydrogen) atoms. The quantitative estimate of drug-likeness (QED) is 0.908. The van der Waals surface area contributed by atoms with Crippen LogP contribution in [0, 0.1) is 5.92 Å². The Labute approximate surface area is 124 Å². The summed E-state index contributed by atoms with van der Waals surface area (Å²) in [5.74, 6) is -0.659. The Morgan fingerprint density at radius 1 is 1.37 bits per heavy atom. The van der Waals surface area contributed by atoms with Gasteiger partial charge in [-0.25, -0.2) is 4.79 Å². The number of hydrogen-bond acceptors (Lipinski definition) is 3. The summed E-state index contributed by atoms with van der Waals surface area (Å²) in [4.78, 5) is 26.5. The maximum absolute atomic E-state index is 12.3. The molecule has 0 spiro atoms. The van der Waals surface area contributed by atoms with Crippen molar-refractivity contribution < 1.29 is 14.7 Å². The van der Waals surface area contributed by atoms with Crippen molar-refractivity contribution in [2.45, 2.75) is 39.8 Å². The Morgan fingerprint density at radius 2 is 2.00 bits per heavy atom. The third-order valence-corrected chi connectivity index (χ3v) is 5.89. The number of amides is 1. The Kier molecular flexibility index (Phi) is 4.30. The van der Waals surface area contributed by atoms with Crippen molar-refractivity contribution in [1.29, 1.82) is 0 Å². The molecular weight excluding hydrogens is 330 g/mol. The Balaban J connectivity index is 2.18. The van der Waals surface area contributed by atoms with E-state index in [0.717, 1.165) is 23.3 Å². The molecule has 0 unspecified atom stereocenters. The minimum absolute atomic E-state index is 0.0757. The molecular formula is C13H16BrNO3S. The lowest BCUT2D eigenvalue weighted by atomic mass is 10.0. The van der Waals surface area contributed by atoms with Crippen LogP contribution in [0.3, 0.4) is 0 Å². The number of carbonyl (C=O) groups excluding carboxylic acids is 1. The summed E-state index contributed by atoms with van der Waals surface area (Å²) in [6.45, 7) is 5.11. The van der Waals surface area contributed by atoms with E-state index >= 15 is 0 Å². The number of thiophene rings is 1. The fraction of sp³-hybridized carbons (Fsp3) is 0.538. The van der Waals surface area contributed by atoms with Crippen LogP contribution < -0.4 is 0 Å². The molecule has 0 saturated carbocycles. The predicted molar refractivity (Wildman–Crippen MR) is 77.3 cm³/mol. The number of carbonyl (C=O) groups is 2. The van der Waals surface area contributed by atoms with Gasteiger partial charge in [-0.3, -0.25) is 4.79 Å². The fourth-order valence-electron chi connectivity index (χ4n) is 2.38. The lowest BCUT2D eigenvalue weighted by Gasteiger charge is -2.21. The predicted octanol–water partition coefficient (Wildman–Crippen LogP) is 3.49. The van der Waals surface area contributed by atoms with E-state index in [-0.39, 0.29) is 11.8 Å². The lowest BCUT2D eigenvalue weighted by molar-refractivity contribution is -0.136. The van der Waals surface area contributed by atoms with Crippen molar-refractivity contribution >= 4 is 39.1 Å². The van der Waals surface area contributed by atoms with Crippen LogP contribution in [0.4, 0.5) is 0 Å². The highest BCUT2D eigenvalue weighted by Crippen LogP contribution is 2.39. The number of nitrogens with zero attached hydrogens (tertiary/aromatic N) is 1. The fourth-order valence-corrected chi connectivity index (χ4v) is 4.35. The zero-order valence-corrected chi connectivity index (χ0v) is 13.3. The van der Waals surface area contributed by atoms with E-state index < -0.39 is 5.97 Å². The van der Waals surface area contributed by atoms with Gasteiger partial charge in [0.25, 0.3) is 0 Å². The molecule has 1 aliphatic heterocycles. The van der Waals surface area contributed by atoms with Crippen LogP contribution in [0.1, 0.15) is 46.8 Å². The highest BCUT2D eigenvalue weighted by molar-refractivity contribution is 9.10. The molecule has 1 aliphatic rings. The molecule has 1 aromatic rings. The first-order valence-corrected chi connectivity index (χ1v) is 7.92. The van der Waals surface area contributed by atoms with E-state index in [2.05, 4.69) is 15.9 Å². The first kappa shape index (κ1) is 14.5. The van der Waals surface area contributed by atoms with Crippen molar-refractivity contribution in [3.8, 4) is 0 Å². The number of fused-ring (bicyclic) bond motifs is 1. The number of rotatable bonds is 4. The maximum Gasteiger partial charge on any atom is 0.347 e. The van der Waals surface area contributed by atoms with E-state index in [1.165, 1.54) is 11.3 Å². The van der Waals surface area contributed by atoms with E-state index in [0.29, 0.717) is 22.4 Å². The smallest absolute Gasteiger partial charge is 0.347 e. The standard InChI is InChI=1S/C13H16BrNO3S/c1-3-7(4-2)12(16)15-5-8-9(6-15)19-11(10(8)14)13(17)18/h7H,3-6H2,1-2H3,(H,17,18). The van der Waals surface area contributed by atoms with Crippen LogP contribution in [0.5, 0.6) is 0 Å². The van der Waals surface area contributed by atoms with Crippen molar-refractivity contribution in [3.05, 3.63) is 19.8 Å². The molecule has 1 aromatic heterocycles. The number of hydrogen-bond donors (Lipinski definition) is 1. The van der Waals surface area contributed by atoms with Gasteiger partial charge in [0.05, 0.1) is 6.54 Å². The number of aromatic carboxylic acids is 1. The second-order valence-electron chi connectivity index (χ2n) is 4.66. The molecule has 0 bridgehead atoms. The molecule has 1 amide bonds. The highest BCUT2D eigenvalue weighted by Gasteiger charge is 2.32. The average molecular weight is 346 g/mol. The third kappa shape index (κ3) is 2.56. The van der Waals surface area contributed by atoms with Crippen molar-refractivity contribution in [2.24, 2.45) is 5.92 Å². The Morgan fingerprint density at radius 3 is 2.47 bits per heavy atom. The van der Waals surface area contributed by atoms with E-state index in [4.69, 9.17) is 5.11 Å². The van der Waals surface area contributed by atoms with Gasteiger partial charge in [-0.2, -0.15) is 0 Å². The van der Waals surface area contributed by atoms with Gasteiger partial charge >= 0.3 is 5.97 Å². The van der Waals surface area contributed by atoms with Crippen molar-refractivity contribution in [1.82, 2.24) is 4.90 Å². The molecule has 0 aromatic carbocycles. The Bertz CT molecular complexity index is 522. The molecule has 2 rings (SSSR count). The van der Waals surface area contributed by atoms with Gasteiger partial charge in [-0.05, 0) is 28.8 Å². The first-order valence-electron chi connectivity index (χ1n) is 6.31. The van der Waals surface area contributed by atoms with E-state index in [1.807, 2.05) is 18.7 Å². The molecule has 2 heterocycles. The SMILES string of the molecule is CCC(CC)C(=O)N1Cc2sc(C(=O)O)c(Br)c2C1. The van der Waals surface area contributed by atoms with Gasteiger partial charge in [-0.1, -0.05) is 13.8 Å². The second-order valence-corrected chi connectivity index (χ2v) is 6.56. The van der Waals surface area contributed by atoms with Crippen LogP contribution in [0.2, 0.25) is 0 Å². The molecule has 104 valence electrons. The average Bonchev–Trinajstić information content (AvgIpc) is 2.91. The normalized spacial score (nSPS) is 14.0. The molecule has 1 N–H and O–H groups in total. The summed E-state index contributed by atoms with van der Waals surface area (Å²) in [5, 5.41) is 9.06. The van der Waals surface area contributed by atoms with Crippen LogP contribution >= 0.6 is 27.3 Å². The monoisotopic (exact) mass is 345 g/mol. The molecule has 0 radical (unpaired) electrons. The van der Waals surface area contributed by atoms with Crippen LogP contribution in [0.15, 0.2) is 4.47 Å². The van der Waals surface area contributed by atoms with Crippen LogP contribution in [-0.2, 0) is 17.9 Å². The largest absolute Gasteiger partial charge is 0.477 e. The summed E-state index contributed by atoms with van der Waals surface area (Å²) in [7, 11) is 0. The maximum atomic E-state index is 12.3. The van der Waals surface area contributed by atoms with Gasteiger partial charge in [0.1, 0.15) is 4.88 Å². The zero-order chi connectivity index (χ0) is 14.2. The summed E-state index contributed by atoms with van der Waals surface area (Å²) < 4.78 is 0.639. The van der Waals surface area contributed by atoms with Gasteiger partial charge in [0.2, 0.25) is 5.91 Å². The molecule has 0 saturated heterocycles. The van der Waals surface area contributed by atoms with Gasteiger partial charge in [0.15, 0.2) is 0 Å². The molecule has 0 aliphatic carbocycles.